The molecule has 1 aliphatic heterocycles. The lowest BCUT2D eigenvalue weighted by Gasteiger charge is -2.06. The van der Waals surface area contributed by atoms with Crippen LogP contribution in [0.1, 0.15) is 76.7 Å². The summed E-state index contributed by atoms with van der Waals surface area (Å²) < 4.78 is 34.1. The molecule has 0 spiro atoms. The van der Waals surface area contributed by atoms with Gasteiger partial charge in [0.2, 0.25) is 0 Å². The predicted molar refractivity (Wildman–Crippen MR) is 113 cm³/mol. The van der Waals surface area contributed by atoms with Crippen LogP contribution in [0.25, 0.3) is 0 Å². The molecule has 6 nitrogen and oxygen atoms in total. The van der Waals surface area contributed by atoms with E-state index in [0.717, 1.165) is 13.1 Å². The number of hydrogen-bond acceptors (Lipinski definition) is 5. The van der Waals surface area contributed by atoms with Crippen LogP contribution in [-0.4, -0.2) is 37.0 Å². The molecule has 2 N–H and O–H groups in total. The van der Waals surface area contributed by atoms with Gasteiger partial charge in [-0.1, -0.05) is 95.0 Å². The minimum absolute atomic E-state index is 1.01. The first-order chi connectivity index (χ1) is 13.4. The molecule has 162 valence electrons. The van der Waals surface area contributed by atoms with Crippen molar-refractivity contribution in [1.29, 1.82) is 0 Å². The lowest BCUT2D eigenvalue weighted by molar-refractivity contribution is -0.518. The van der Waals surface area contributed by atoms with Gasteiger partial charge < -0.3 is 14.4 Å². The summed E-state index contributed by atoms with van der Waals surface area (Å²) in [5.74, 6) is 0. The summed E-state index contributed by atoms with van der Waals surface area (Å²) in [6.45, 7) is 4.45. The number of aliphatic imine (C=N–C) groups is 1. The van der Waals surface area contributed by atoms with Crippen LogP contribution in [0.5, 0.6) is 0 Å². The Balaban J connectivity index is 0.000000592. The maximum atomic E-state index is 8.52. The minimum atomic E-state index is -5.17. The van der Waals surface area contributed by atoms with Crippen LogP contribution in [0, 0.1) is 0 Å². The van der Waals surface area contributed by atoms with Gasteiger partial charge in [0.25, 0.3) is 0 Å². The second-order valence-corrected chi connectivity index (χ2v) is 7.72. The van der Waals surface area contributed by atoms with E-state index in [1.165, 1.54) is 76.2 Å². The fourth-order valence-corrected chi connectivity index (χ4v) is 2.83. The summed E-state index contributed by atoms with van der Waals surface area (Å²) in [6, 6.07) is 10.9. The molecule has 1 aromatic carbocycles. The number of rotatable bonds is 11. The molecule has 0 unspecified atom stereocenters. The van der Waals surface area contributed by atoms with Crippen LogP contribution in [-0.2, 0) is 16.8 Å². The van der Waals surface area contributed by atoms with Gasteiger partial charge in [-0.2, -0.15) is 0 Å². The predicted octanol–water partition coefficient (Wildman–Crippen LogP) is 3.40. The van der Waals surface area contributed by atoms with Crippen molar-refractivity contribution in [2.24, 2.45) is 4.99 Å². The van der Waals surface area contributed by atoms with Gasteiger partial charge in [-0.25, -0.2) is 4.99 Å². The van der Waals surface area contributed by atoms with Crippen LogP contribution in [0.2, 0.25) is 0 Å². The second-order valence-electron chi connectivity index (χ2n) is 6.91. The van der Waals surface area contributed by atoms with E-state index in [-0.39, 0.29) is 0 Å². The number of quaternary nitrogens is 1. The van der Waals surface area contributed by atoms with E-state index < -0.39 is 10.4 Å². The fourth-order valence-electron chi connectivity index (χ4n) is 2.83. The van der Waals surface area contributed by atoms with Gasteiger partial charge in [0, 0.05) is 10.4 Å². The summed E-state index contributed by atoms with van der Waals surface area (Å²) in [5.41, 5.74) is 1.50. The van der Waals surface area contributed by atoms with Gasteiger partial charge in [0.1, 0.15) is 6.54 Å². The summed E-state index contributed by atoms with van der Waals surface area (Å²) >= 11 is 0. The number of aryl methyl sites for hydroxylation is 1. The molecule has 0 fully saturated rings. The Morgan fingerprint density at radius 3 is 1.79 bits per heavy atom. The van der Waals surface area contributed by atoms with Gasteiger partial charge in [-0.15, -0.1) is 0 Å². The average Bonchev–Trinajstić information content (AvgIpc) is 3.23. The third-order valence-electron chi connectivity index (χ3n) is 4.30. The highest BCUT2D eigenvalue weighted by Gasteiger charge is 1.94. The summed E-state index contributed by atoms with van der Waals surface area (Å²) in [4.78, 5) is 3.90. The van der Waals surface area contributed by atoms with E-state index in [4.69, 9.17) is 17.5 Å². The van der Waals surface area contributed by atoms with E-state index in [0.29, 0.717) is 0 Å². The first-order valence-electron chi connectivity index (χ1n) is 10.5. The van der Waals surface area contributed by atoms with Crippen molar-refractivity contribution in [2.75, 3.05) is 13.1 Å². The number of hydrogen-bond donors (Lipinski definition) is 1. The average molecular weight is 414 g/mol. The van der Waals surface area contributed by atoms with Crippen molar-refractivity contribution in [3.8, 4) is 0 Å². The molecule has 0 radical (unpaired) electrons. The SMILES string of the molecule is C1=NCC[NH2+]1.CCCCCCCCCCCCc1ccccc1.O=S(=O)([O-])[O-]. The molecule has 1 aromatic rings. The number of benzene rings is 1. The third-order valence-corrected chi connectivity index (χ3v) is 4.30. The van der Waals surface area contributed by atoms with Crippen molar-refractivity contribution in [1.82, 2.24) is 0 Å². The first kappa shape index (κ1) is 26.7. The van der Waals surface area contributed by atoms with Gasteiger partial charge in [0.15, 0.2) is 6.34 Å². The molecular weight excluding hydrogens is 376 g/mol. The molecule has 0 atom stereocenters. The van der Waals surface area contributed by atoms with Crippen LogP contribution in [0.15, 0.2) is 35.3 Å². The Kier molecular flexibility index (Phi) is 18.2. The van der Waals surface area contributed by atoms with Crippen molar-refractivity contribution in [2.45, 2.75) is 77.6 Å². The van der Waals surface area contributed by atoms with E-state index in [9.17, 15) is 0 Å². The summed E-state index contributed by atoms with van der Waals surface area (Å²) in [7, 11) is -5.17. The molecule has 0 saturated heterocycles. The molecule has 2 rings (SSSR count). The molecule has 0 aromatic heterocycles. The number of nitrogens with two attached hydrogens (primary N) is 1. The fraction of sp³-hybridized carbons (Fsp3) is 0.667. The van der Waals surface area contributed by atoms with Gasteiger partial charge in [-0.05, 0) is 18.4 Å². The van der Waals surface area contributed by atoms with E-state index in [1.54, 1.807) is 0 Å². The first-order valence-corrected chi connectivity index (χ1v) is 11.8. The van der Waals surface area contributed by atoms with E-state index in [2.05, 4.69) is 47.6 Å². The maximum Gasteiger partial charge on any atom is 0.182 e. The topological polar surface area (TPSA) is 109 Å². The Morgan fingerprint density at radius 1 is 0.893 bits per heavy atom. The summed E-state index contributed by atoms with van der Waals surface area (Å²) in [6.07, 6.45) is 17.4. The third kappa shape index (κ3) is 24.7. The number of unbranched alkanes of at least 4 members (excludes halogenated alkanes) is 9. The molecule has 0 amide bonds. The Hall–Kier alpha value is -1.28. The highest BCUT2D eigenvalue weighted by molar-refractivity contribution is 7.79. The normalized spacial score (nSPS) is 12.7. The molecule has 28 heavy (non-hydrogen) atoms. The molecule has 0 bridgehead atoms. The Morgan fingerprint density at radius 2 is 1.39 bits per heavy atom. The molecule has 0 aliphatic carbocycles. The van der Waals surface area contributed by atoms with Crippen LogP contribution in [0.3, 0.4) is 0 Å². The molecule has 1 heterocycles. The molecule has 1 aliphatic rings. The highest BCUT2D eigenvalue weighted by atomic mass is 32.3. The quantitative estimate of drug-likeness (QED) is 0.340. The molecule has 7 heteroatoms. The second kappa shape index (κ2) is 19.1. The Labute approximate surface area is 171 Å². The van der Waals surface area contributed by atoms with Crippen LogP contribution < -0.4 is 5.32 Å². The smallest absolute Gasteiger partial charge is 0.182 e. The maximum absolute atomic E-state index is 8.52. The highest BCUT2D eigenvalue weighted by Crippen LogP contribution is 2.12. The van der Waals surface area contributed by atoms with Crippen LogP contribution in [0.4, 0.5) is 0 Å². The van der Waals surface area contributed by atoms with Crippen molar-refractivity contribution < 1.29 is 22.8 Å². The Bertz CT molecular complexity index is 563. The monoisotopic (exact) mass is 413 g/mol. The summed E-state index contributed by atoms with van der Waals surface area (Å²) in [5, 5.41) is 2.07. The minimum Gasteiger partial charge on any atom is -0.759 e. The van der Waals surface area contributed by atoms with Crippen molar-refractivity contribution >= 4 is 16.7 Å². The van der Waals surface area contributed by atoms with Crippen molar-refractivity contribution in [3.05, 3.63) is 35.9 Å². The largest absolute Gasteiger partial charge is 0.759 e. The van der Waals surface area contributed by atoms with Crippen molar-refractivity contribution in [3.63, 3.8) is 0 Å². The van der Waals surface area contributed by atoms with E-state index >= 15 is 0 Å². The van der Waals surface area contributed by atoms with Gasteiger partial charge in [-0.3, -0.25) is 8.42 Å². The zero-order chi connectivity index (χ0) is 20.9. The van der Waals surface area contributed by atoms with Gasteiger partial charge in [0.05, 0.1) is 6.54 Å². The van der Waals surface area contributed by atoms with E-state index in [1.807, 2.05) is 6.34 Å². The number of nitrogens with zero attached hydrogens (tertiary/aromatic N) is 1. The molecule has 0 saturated carbocycles. The standard InChI is InChI=1S/C18H30.C3H6N2.H2O4S/c1-2-3-4-5-6-7-8-9-10-12-15-18-16-13-11-14-17-18;1-2-5-3-4-1;1-5(2,3)4/h11,13-14,16-17H,2-10,12,15H2,1H3;3H,1-2H2,(H,4,5);(H2,1,2,3,4)/p-1. The zero-order valence-electron chi connectivity index (χ0n) is 17.2. The lowest BCUT2D eigenvalue weighted by atomic mass is 10.0. The zero-order valence-corrected chi connectivity index (χ0v) is 18.0. The van der Waals surface area contributed by atoms with Crippen LogP contribution >= 0.6 is 0 Å². The molecular formula is C21H37N2O4S-. The lowest BCUT2D eigenvalue weighted by Crippen LogP contribution is -2.80. The van der Waals surface area contributed by atoms with Gasteiger partial charge >= 0.3 is 0 Å².